The molecule has 0 aliphatic carbocycles. The maximum absolute atomic E-state index is 5.66. The highest BCUT2D eigenvalue weighted by molar-refractivity contribution is 9.10. The smallest absolute Gasteiger partial charge is 0.248 e. The fourth-order valence-corrected chi connectivity index (χ4v) is 2.26. The Morgan fingerprint density at radius 1 is 0.950 bits per heavy atom. The zero-order valence-corrected chi connectivity index (χ0v) is 12.2. The normalized spacial score (nSPS) is 10.4. The third-order valence-corrected chi connectivity index (χ3v) is 3.48. The van der Waals surface area contributed by atoms with Crippen LogP contribution in [0.1, 0.15) is 5.89 Å². The Kier molecular flexibility index (Phi) is 3.78. The monoisotopic (exact) mass is 329 g/mol. The molecule has 5 heteroatoms. The molecule has 20 heavy (non-hydrogen) atoms. The van der Waals surface area contributed by atoms with Crippen LogP contribution < -0.4 is 5.32 Å². The lowest BCUT2D eigenvalue weighted by Gasteiger charge is -2.02. The van der Waals surface area contributed by atoms with Crippen molar-refractivity contribution in [1.29, 1.82) is 0 Å². The highest BCUT2D eigenvalue weighted by Gasteiger charge is 2.10. The van der Waals surface area contributed by atoms with Gasteiger partial charge in [0, 0.05) is 10.2 Å². The van der Waals surface area contributed by atoms with Crippen LogP contribution in [0.4, 0.5) is 5.69 Å². The summed E-state index contributed by atoms with van der Waals surface area (Å²) in [6, 6.07) is 17.7. The van der Waals surface area contributed by atoms with Gasteiger partial charge in [-0.05, 0) is 40.2 Å². The van der Waals surface area contributed by atoms with Gasteiger partial charge < -0.3 is 9.73 Å². The second-order valence-corrected chi connectivity index (χ2v) is 5.05. The van der Waals surface area contributed by atoms with Crippen LogP contribution in [0.2, 0.25) is 0 Å². The van der Waals surface area contributed by atoms with E-state index in [4.69, 9.17) is 4.42 Å². The number of nitrogens with zero attached hydrogens (tertiary/aromatic N) is 2. The van der Waals surface area contributed by atoms with Gasteiger partial charge in [-0.2, -0.15) is 0 Å². The molecule has 0 amide bonds. The number of benzene rings is 2. The van der Waals surface area contributed by atoms with Crippen LogP contribution >= 0.6 is 15.9 Å². The van der Waals surface area contributed by atoms with Crippen molar-refractivity contribution >= 4 is 21.6 Å². The molecular formula is C15H12BrN3O. The molecule has 0 saturated heterocycles. The third-order valence-electron chi connectivity index (χ3n) is 2.79. The molecule has 0 fully saturated rings. The lowest BCUT2D eigenvalue weighted by molar-refractivity contribution is 0.515. The van der Waals surface area contributed by atoms with Crippen molar-refractivity contribution in [3.63, 3.8) is 0 Å². The molecule has 0 aliphatic rings. The summed E-state index contributed by atoms with van der Waals surface area (Å²) in [6.45, 7) is 0.501. The Morgan fingerprint density at radius 3 is 2.50 bits per heavy atom. The van der Waals surface area contributed by atoms with Crippen LogP contribution in [0.15, 0.2) is 63.5 Å². The molecule has 0 spiro atoms. The van der Waals surface area contributed by atoms with Gasteiger partial charge in [0.25, 0.3) is 0 Å². The highest BCUT2D eigenvalue weighted by Crippen LogP contribution is 2.26. The van der Waals surface area contributed by atoms with E-state index >= 15 is 0 Å². The maximum atomic E-state index is 5.66. The lowest BCUT2D eigenvalue weighted by atomic mass is 10.2. The second-order valence-electron chi connectivity index (χ2n) is 4.20. The summed E-state index contributed by atoms with van der Waals surface area (Å²) in [5.74, 6) is 1.07. The van der Waals surface area contributed by atoms with E-state index < -0.39 is 0 Å². The zero-order valence-electron chi connectivity index (χ0n) is 10.6. The molecule has 0 radical (unpaired) electrons. The van der Waals surface area contributed by atoms with Crippen molar-refractivity contribution in [2.24, 2.45) is 0 Å². The molecule has 0 saturated carbocycles. The van der Waals surface area contributed by atoms with E-state index in [9.17, 15) is 0 Å². The van der Waals surface area contributed by atoms with Gasteiger partial charge in [0.05, 0.1) is 12.1 Å². The molecule has 1 N–H and O–H groups in total. The number of hydrogen-bond acceptors (Lipinski definition) is 4. The fourth-order valence-electron chi connectivity index (χ4n) is 1.80. The van der Waals surface area contributed by atoms with Crippen molar-refractivity contribution in [3.8, 4) is 11.5 Å². The molecule has 4 nitrogen and oxygen atoms in total. The van der Waals surface area contributed by atoms with Gasteiger partial charge in [-0.3, -0.25) is 0 Å². The van der Waals surface area contributed by atoms with E-state index in [1.165, 1.54) is 0 Å². The minimum absolute atomic E-state index is 0.501. The maximum Gasteiger partial charge on any atom is 0.248 e. The molecule has 1 heterocycles. The number of para-hydroxylation sites is 1. The third kappa shape index (κ3) is 2.88. The van der Waals surface area contributed by atoms with Crippen LogP contribution in [0.25, 0.3) is 11.5 Å². The van der Waals surface area contributed by atoms with Crippen molar-refractivity contribution in [2.45, 2.75) is 6.54 Å². The van der Waals surface area contributed by atoms with Gasteiger partial charge >= 0.3 is 0 Å². The molecule has 3 rings (SSSR count). The Hall–Kier alpha value is -2.14. The first-order valence-electron chi connectivity index (χ1n) is 6.19. The predicted octanol–water partition coefficient (Wildman–Crippen LogP) is 4.11. The standard InChI is InChI=1S/C15H12BrN3O/c16-13-9-5-4-8-12(13)15-19-18-14(20-15)10-17-11-6-2-1-3-7-11/h1-9,17H,10H2. The quantitative estimate of drug-likeness (QED) is 0.782. The van der Waals surface area contributed by atoms with Crippen molar-refractivity contribution < 1.29 is 4.42 Å². The van der Waals surface area contributed by atoms with Gasteiger partial charge in [0.1, 0.15) is 0 Å². The molecule has 100 valence electrons. The molecule has 1 aromatic heterocycles. The summed E-state index contributed by atoms with van der Waals surface area (Å²) in [4.78, 5) is 0. The summed E-state index contributed by atoms with van der Waals surface area (Å²) in [5.41, 5.74) is 1.92. The molecule has 0 unspecified atom stereocenters. The Balaban J connectivity index is 1.73. The van der Waals surface area contributed by atoms with Crippen LogP contribution in [0, 0.1) is 0 Å². The Bertz CT molecular complexity index is 697. The molecule has 2 aromatic carbocycles. The Labute approximate surface area is 125 Å². The predicted molar refractivity (Wildman–Crippen MR) is 81.2 cm³/mol. The molecule has 0 bridgehead atoms. The summed E-state index contributed by atoms with van der Waals surface area (Å²) >= 11 is 3.47. The SMILES string of the molecule is Brc1ccccc1-c1nnc(CNc2ccccc2)o1. The first-order chi connectivity index (χ1) is 9.83. The average molecular weight is 330 g/mol. The van der Waals surface area contributed by atoms with Crippen LogP contribution in [-0.4, -0.2) is 10.2 Å². The topological polar surface area (TPSA) is 51.0 Å². The van der Waals surface area contributed by atoms with Crippen molar-refractivity contribution in [2.75, 3.05) is 5.32 Å². The minimum atomic E-state index is 0.501. The number of anilines is 1. The number of halogens is 1. The van der Waals surface area contributed by atoms with Gasteiger partial charge in [0.2, 0.25) is 11.8 Å². The second kappa shape index (κ2) is 5.88. The highest BCUT2D eigenvalue weighted by atomic mass is 79.9. The number of hydrogen-bond donors (Lipinski definition) is 1. The zero-order chi connectivity index (χ0) is 13.8. The van der Waals surface area contributed by atoms with E-state index in [0.29, 0.717) is 18.3 Å². The van der Waals surface area contributed by atoms with Crippen LogP contribution in [0.3, 0.4) is 0 Å². The van der Waals surface area contributed by atoms with Gasteiger partial charge in [0.15, 0.2) is 0 Å². The minimum Gasteiger partial charge on any atom is -0.419 e. The molecular weight excluding hydrogens is 318 g/mol. The molecule has 3 aromatic rings. The Morgan fingerprint density at radius 2 is 1.70 bits per heavy atom. The first kappa shape index (κ1) is 12.9. The largest absolute Gasteiger partial charge is 0.419 e. The molecule has 0 aliphatic heterocycles. The summed E-state index contributed by atoms with van der Waals surface area (Å²) in [7, 11) is 0. The van der Waals surface area contributed by atoms with E-state index in [2.05, 4.69) is 31.4 Å². The van der Waals surface area contributed by atoms with Crippen LogP contribution in [0.5, 0.6) is 0 Å². The van der Waals surface area contributed by atoms with Gasteiger partial charge in [-0.25, -0.2) is 0 Å². The number of aromatic nitrogens is 2. The van der Waals surface area contributed by atoms with E-state index in [1.807, 2.05) is 54.6 Å². The number of nitrogens with one attached hydrogen (secondary N) is 1. The van der Waals surface area contributed by atoms with Gasteiger partial charge in [-0.1, -0.05) is 30.3 Å². The summed E-state index contributed by atoms with van der Waals surface area (Å²) in [6.07, 6.45) is 0. The van der Waals surface area contributed by atoms with Crippen molar-refractivity contribution in [3.05, 3.63) is 65.0 Å². The number of rotatable bonds is 4. The van der Waals surface area contributed by atoms with E-state index in [1.54, 1.807) is 0 Å². The molecule has 0 atom stereocenters. The van der Waals surface area contributed by atoms with E-state index in [0.717, 1.165) is 15.7 Å². The first-order valence-corrected chi connectivity index (χ1v) is 6.98. The lowest BCUT2D eigenvalue weighted by Crippen LogP contribution is -1.99. The van der Waals surface area contributed by atoms with E-state index in [-0.39, 0.29) is 0 Å². The average Bonchev–Trinajstić information content (AvgIpc) is 2.95. The fraction of sp³-hybridized carbons (Fsp3) is 0.0667. The van der Waals surface area contributed by atoms with Crippen LogP contribution in [-0.2, 0) is 6.54 Å². The summed E-state index contributed by atoms with van der Waals surface area (Å²) in [5, 5.41) is 11.4. The van der Waals surface area contributed by atoms with Crippen molar-refractivity contribution in [1.82, 2.24) is 10.2 Å². The van der Waals surface area contributed by atoms with Gasteiger partial charge in [-0.15, -0.1) is 10.2 Å². The summed E-state index contributed by atoms with van der Waals surface area (Å²) < 4.78 is 6.59.